The van der Waals surface area contributed by atoms with Crippen LogP contribution in [0.1, 0.15) is 59.8 Å². The van der Waals surface area contributed by atoms with Crippen molar-refractivity contribution in [2.75, 3.05) is 7.05 Å². The Bertz CT molecular complexity index is 304. The first-order chi connectivity index (χ1) is 7.97. The third-order valence-corrected chi connectivity index (χ3v) is 4.94. The van der Waals surface area contributed by atoms with Crippen LogP contribution < -0.4 is 0 Å². The molecule has 0 aromatic rings. The number of likely N-dealkylation sites (tertiary alicyclic amines) is 1. The average Bonchev–Trinajstić information content (AvgIpc) is 2.26. The molecule has 2 atom stereocenters. The largest absolute Gasteiger partial charge is 0.355 e. The first-order valence-electron chi connectivity index (χ1n) is 7.21. The number of fused-ring (bicyclic) bond motifs is 1. The molecule has 1 saturated heterocycles. The molecule has 17 heavy (non-hydrogen) atoms. The molecule has 0 spiro atoms. The van der Waals surface area contributed by atoms with Crippen LogP contribution in [0.15, 0.2) is 4.99 Å². The normalized spacial score (nSPS) is 35.2. The van der Waals surface area contributed by atoms with Crippen molar-refractivity contribution in [3.8, 4) is 0 Å². The summed E-state index contributed by atoms with van der Waals surface area (Å²) in [6.45, 7) is 9.57. The van der Waals surface area contributed by atoms with E-state index in [0.29, 0.717) is 11.5 Å². The van der Waals surface area contributed by atoms with Crippen LogP contribution in [0.3, 0.4) is 0 Å². The van der Waals surface area contributed by atoms with E-state index in [1.54, 1.807) is 0 Å². The van der Waals surface area contributed by atoms with Gasteiger partial charge in [-0.05, 0) is 44.4 Å². The standard InChI is InChI=1S/C15H28N2/c1-11(2)17-13-7-6-10-15(3,4)12(13)8-9-14(17)16-5/h11-13H,6-10H2,1-5H3/b16-14-. The van der Waals surface area contributed by atoms with E-state index in [0.717, 1.165) is 12.0 Å². The van der Waals surface area contributed by atoms with Crippen LogP contribution in [0.5, 0.6) is 0 Å². The molecule has 2 nitrogen and oxygen atoms in total. The average molecular weight is 236 g/mol. The zero-order valence-corrected chi connectivity index (χ0v) is 12.2. The van der Waals surface area contributed by atoms with Crippen molar-refractivity contribution in [2.45, 2.75) is 71.9 Å². The van der Waals surface area contributed by atoms with E-state index in [1.165, 1.54) is 37.9 Å². The molecule has 2 fully saturated rings. The number of nitrogens with zero attached hydrogens (tertiary/aromatic N) is 2. The second kappa shape index (κ2) is 4.62. The highest BCUT2D eigenvalue weighted by Gasteiger charge is 2.45. The summed E-state index contributed by atoms with van der Waals surface area (Å²) in [4.78, 5) is 7.15. The van der Waals surface area contributed by atoms with Gasteiger partial charge in [0.05, 0.1) is 5.84 Å². The monoisotopic (exact) mass is 236 g/mol. The summed E-state index contributed by atoms with van der Waals surface area (Å²) in [6.07, 6.45) is 6.67. The van der Waals surface area contributed by atoms with Crippen molar-refractivity contribution in [1.82, 2.24) is 4.90 Å². The smallest absolute Gasteiger partial charge is 0.0990 e. The molecule has 2 unspecified atom stereocenters. The SMILES string of the molecule is C/N=C1/CCC2C(CCCC2(C)C)N1C(C)C. The highest BCUT2D eigenvalue weighted by atomic mass is 15.2. The Morgan fingerprint density at radius 1 is 1.29 bits per heavy atom. The molecule has 1 aliphatic carbocycles. The number of piperidine rings is 1. The fourth-order valence-electron chi connectivity index (χ4n) is 4.10. The summed E-state index contributed by atoms with van der Waals surface area (Å²) in [7, 11) is 1.96. The van der Waals surface area contributed by atoms with Crippen LogP contribution in [0.4, 0.5) is 0 Å². The number of amidine groups is 1. The van der Waals surface area contributed by atoms with Gasteiger partial charge in [-0.3, -0.25) is 4.99 Å². The van der Waals surface area contributed by atoms with Crippen molar-refractivity contribution in [1.29, 1.82) is 0 Å². The van der Waals surface area contributed by atoms with Crippen molar-refractivity contribution in [3.63, 3.8) is 0 Å². The van der Waals surface area contributed by atoms with Gasteiger partial charge in [-0.1, -0.05) is 20.3 Å². The number of hydrogen-bond donors (Lipinski definition) is 0. The fraction of sp³-hybridized carbons (Fsp3) is 0.933. The van der Waals surface area contributed by atoms with E-state index in [9.17, 15) is 0 Å². The minimum Gasteiger partial charge on any atom is -0.355 e. The topological polar surface area (TPSA) is 15.6 Å². The van der Waals surface area contributed by atoms with Crippen molar-refractivity contribution >= 4 is 5.84 Å². The molecular weight excluding hydrogens is 208 g/mol. The Morgan fingerprint density at radius 2 is 2.00 bits per heavy atom. The summed E-state index contributed by atoms with van der Waals surface area (Å²) in [6, 6.07) is 1.33. The second-order valence-corrected chi connectivity index (χ2v) is 6.73. The molecule has 1 aliphatic heterocycles. The second-order valence-electron chi connectivity index (χ2n) is 6.73. The van der Waals surface area contributed by atoms with Crippen molar-refractivity contribution < 1.29 is 0 Å². The Morgan fingerprint density at radius 3 is 2.59 bits per heavy atom. The van der Waals surface area contributed by atoms with E-state index in [1.807, 2.05) is 7.05 Å². The van der Waals surface area contributed by atoms with Gasteiger partial charge in [-0.25, -0.2) is 0 Å². The molecule has 1 heterocycles. The Labute approximate surface area is 106 Å². The molecule has 0 amide bonds. The van der Waals surface area contributed by atoms with E-state index < -0.39 is 0 Å². The maximum atomic E-state index is 4.53. The fourth-order valence-corrected chi connectivity index (χ4v) is 4.10. The molecule has 2 rings (SSSR count). The minimum absolute atomic E-state index is 0.523. The summed E-state index contributed by atoms with van der Waals surface area (Å²) >= 11 is 0. The third-order valence-electron chi connectivity index (χ3n) is 4.94. The summed E-state index contributed by atoms with van der Waals surface area (Å²) < 4.78 is 0. The first kappa shape index (κ1) is 12.9. The lowest BCUT2D eigenvalue weighted by Gasteiger charge is -2.54. The van der Waals surface area contributed by atoms with Gasteiger partial charge < -0.3 is 4.90 Å². The maximum Gasteiger partial charge on any atom is 0.0990 e. The number of hydrogen-bond acceptors (Lipinski definition) is 1. The Kier molecular flexibility index (Phi) is 3.51. The van der Waals surface area contributed by atoms with Gasteiger partial charge in [0, 0.05) is 25.6 Å². The zero-order valence-electron chi connectivity index (χ0n) is 12.2. The number of aliphatic imine (C=N–C) groups is 1. The quantitative estimate of drug-likeness (QED) is 0.677. The molecule has 0 N–H and O–H groups in total. The highest BCUT2D eigenvalue weighted by Crippen LogP contribution is 2.47. The van der Waals surface area contributed by atoms with Gasteiger partial charge in [-0.15, -0.1) is 0 Å². The lowest BCUT2D eigenvalue weighted by molar-refractivity contribution is 0.0225. The van der Waals surface area contributed by atoms with Crippen molar-refractivity contribution in [2.24, 2.45) is 16.3 Å². The molecule has 0 bridgehead atoms. The predicted molar refractivity (Wildman–Crippen MR) is 74.5 cm³/mol. The van der Waals surface area contributed by atoms with Crippen LogP contribution in [-0.2, 0) is 0 Å². The molecule has 1 saturated carbocycles. The van der Waals surface area contributed by atoms with Gasteiger partial charge in [0.15, 0.2) is 0 Å². The highest BCUT2D eigenvalue weighted by molar-refractivity contribution is 5.83. The summed E-state index contributed by atoms with van der Waals surface area (Å²) in [5.41, 5.74) is 0.523. The van der Waals surface area contributed by atoms with E-state index in [2.05, 4.69) is 37.6 Å². The third kappa shape index (κ3) is 2.23. The van der Waals surface area contributed by atoms with Crippen LogP contribution >= 0.6 is 0 Å². The lowest BCUT2D eigenvalue weighted by Crippen LogP contribution is -2.56. The molecule has 2 heteroatoms. The molecule has 2 aliphatic rings. The van der Waals surface area contributed by atoms with Crippen LogP contribution in [0, 0.1) is 11.3 Å². The summed E-state index contributed by atoms with van der Waals surface area (Å²) in [5.74, 6) is 2.21. The van der Waals surface area contributed by atoms with Gasteiger partial charge in [0.25, 0.3) is 0 Å². The van der Waals surface area contributed by atoms with Gasteiger partial charge in [0.2, 0.25) is 0 Å². The van der Waals surface area contributed by atoms with Crippen LogP contribution in [0.2, 0.25) is 0 Å². The zero-order chi connectivity index (χ0) is 12.6. The van der Waals surface area contributed by atoms with Crippen molar-refractivity contribution in [3.05, 3.63) is 0 Å². The van der Waals surface area contributed by atoms with Gasteiger partial charge in [0.1, 0.15) is 0 Å². The minimum atomic E-state index is 0.523. The number of rotatable bonds is 1. The van der Waals surface area contributed by atoms with Gasteiger partial charge in [-0.2, -0.15) is 0 Å². The molecular formula is C15H28N2. The Balaban J connectivity index is 2.28. The summed E-state index contributed by atoms with van der Waals surface area (Å²) in [5, 5.41) is 0. The molecule has 98 valence electrons. The van der Waals surface area contributed by atoms with Gasteiger partial charge >= 0.3 is 0 Å². The van der Waals surface area contributed by atoms with Crippen LogP contribution in [-0.4, -0.2) is 29.9 Å². The molecule has 0 aromatic carbocycles. The lowest BCUT2D eigenvalue weighted by atomic mass is 9.63. The maximum absolute atomic E-state index is 4.53. The predicted octanol–water partition coefficient (Wildman–Crippen LogP) is 3.71. The van der Waals surface area contributed by atoms with E-state index in [4.69, 9.17) is 0 Å². The van der Waals surface area contributed by atoms with Crippen LogP contribution in [0.25, 0.3) is 0 Å². The van der Waals surface area contributed by atoms with E-state index >= 15 is 0 Å². The molecule has 0 aromatic heterocycles. The Hall–Kier alpha value is -0.530. The van der Waals surface area contributed by atoms with E-state index in [-0.39, 0.29) is 0 Å². The first-order valence-corrected chi connectivity index (χ1v) is 7.21. The molecule has 0 radical (unpaired) electrons.